The van der Waals surface area contributed by atoms with Crippen LogP contribution in [0.1, 0.15) is 64.7 Å². The Bertz CT molecular complexity index is 1320. The lowest BCUT2D eigenvalue weighted by Gasteiger charge is -2.73. The van der Waals surface area contributed by atoms with E-state index in [0.717, 1.165) is 0 Å². The van der Waals surface area contributed by atoms with Crippen LogP contribution in [0.2, 0.25) is 0 Å². The average molecular weight is 601 g/mol. The number of Topliss-reactive ketones (excluding diaryl/α,β-unsaturated/α-hetero) is 1. The maximum atomic E-state index is 14.7. The number of ether oxygens (including phenoxy) is 3. The molecular formula is C33H44O10. The van der Waals surface area contributed by atoms with Gasteiger partial charge >= 0.3 is 11.9 Å². The maximum absolute atomic E-state index is 14.7. The zero-order valence-electron chi connectivity index (χ0n) is 25.6. The lowest BCUT2D eigenvalue weighted by atomic mass is 9.33. The van der Waals surface area contributed by atoms with Crippen LogP contribution in [0.25, 0.3) is 0 Å². The summed E-state index contributed by atoms with van der Waals surface area (Å²) in [6, 6.07) is 8.24. The number of ketones is 1. The van der Waals surface area contributed by atoms with Crippen LogP contribution in [0.15, 0.2) is 30.3 Å². The van der Waals surface area contributed by atoms with Crippen molar-refractivity contribution in [3.05, 3.63) is 35.9 Å². The third-order valence-corrected chi connectivity index (χ3v) is 12.5. The second-order valence-corrected chi connectivity index (χ2v) is 14.4. The zero-order valence-corrected chi connectivity index (χ0v) is 25.6. The quantitative estimate of drug-likeness (QED) is 0.376. The molecule has 1 aromatic rings. The predicted octanol–water partition coefficient (Wildman–Crippen LogP) is 1.90. The van der Waals surface area contributed by atoms with Gasteiger partial charge in [-0.2, -0.15) is 0 Å². The van der Waals surface area contributed by atoms with Crippen molar-refractivity contribution < 1.29 is 49.0 Å². The SMILES string of the molecule is CC(=O)O[C@@]12COC1C[C@H](O)[C@@]1(C)C(=O)[C@H](O)C3C(C(C)C)C(C)C34C(C)[C@@H](O)C[C@@]4(O)[C@@H](OC(=O)c3ccccc3)[C@@H]12. The van der Waals surface area contributed by atoms with Gasteiger partial charge in [0.1, 0.15) is 23.9 Å². The van der Waals surface area contributed by atoms with Crippen LogP contribution in [0.3, 0.4) is 0 Å². The van der Waals surface area contributed by atoms with Gasteiger partial charge in [0.2, 0.25) is 0 Å². The number of aliphatic hydroxyl groups is 4. The third-order valence-electron chi connectivity index (χ3n) is 12.5. The molecule has 1 spiro atoms. The topological polar surface area (TPSA) is 160 Å². The summed E-state index contributed by atoms with van der Waals surface area (Å²) in [5.74, 6) is -5.21. The molecular weight excluding hydrogens is 556 g/mol. The summed E-state index contributed by atoms with van der Waals surface area (Å²) < 4.78 is 18.2. The third kappa shape index (κ3) is 3.61. The van der Waals surface area contributed by atoms with E-state index in [2.05, 4.69) is 0 Å². The minimum Gasteiger partial charge on any atom is -0.455 e. The van der Waals surface area contributed by atoms with Crippen molar-refractivity contribution in [1.82, 2.24) is 0 Å². The molecule has 1 aromatic carbocycles. The van der Waals surface area contributed by atoms with E-state index in [1.807, 2.05) is 27.7 Å². The number of benzene rings is 1. The zero-order chi connectivity index (χ0) is 31.4. The molecule has 0 bridgehead atoms. The average Bonchev–Trinajstić information content (AvgIpc) is 3.16. The van der Waals surface area contributed by atoms with Crippen LogP contribution in [0, 0.1) is 46.3 Å². The van der Waals surface area contributed by atoms with Gasteiger partial charge in [0.25, 0.3) is 0 Å². The number of esters is 2. The van der Waals surface area contributed by atoms with Crippen LogP contribution in [-0.4, -0.2) is 86.5 Å². The van der Waals surface area contributed by atoms with Crippen molar-refractivity contribution in [3.8, 4) is 0 Å². The van der Waals surface area contributed by atoms with Crippen molar-refractivity contribution >= 4 is 17.7 Å². The summed E-state index contributed by atoms with van der Waals surface area (Å²) in [5, 5.41) is 48.5. The van der Waals surface area contributed by atoms with E-state index in [-0.39, 0.29) is 42.8 Å². The molecule has 236 valence electrons. The highest BCUT2D eigenvalue weighted by Crippen LogP contribution is 2.76. The smallest absolute Gasteiger partial charge is 0.338 e. The number of carbonyl (C=O) groups is 3. The minimum atomic E-state index is -1.97. The van der Waals surface area contributed by atoms with E-state index >= 15 is 0 Å². The van der Waals surface area contributed by atoms with Crippen LogP contribution in [0.5, 0.6) is 0 Å². The summed E-state index contributed by atoms with van der Waals surface area (Å²) in [6.45, 7) is 10.4. The van der Waals surface area contributed by atoms with Crippen molar-refractivity contribution in [3.63, 3.8) is 0 Å². The van der Waals surface area contributed by atoms with Gasteiger partial charge in [0.15, 0.2) is 11.4 Å². The molecule has 4 N–H and O–H groups in total. The Kier molecular flexibility index (Phi) is 6.99. The van der Waals surface area contributed by atoms with E-state index in [1.165, 1.54) is 13.8 Å². The highest BCUT2D eigenvalue weighted by Gasteiger charge is 2.85. The molecule has 10 heteroatoms. The first kappa shape index (κ1) is 30.6. The second-order valence-electron chi connectivity index (χ2n) is 14.4. The number of aliphatic hydroxyl groups excluding tert-OH is 3. The Hall–Kier alpha value is -2.37. The van der Waals surface area contributed by atoms with Crippen LogP contribution in [-0.2, 0) is 23.8 Å². The predicted molar refractivity (Wildman–Crippen MR) is 151 cm³/mol. The Morgan fingerprint density at radius 2 is 1.72 bits per heavy atom. The molecule has 1 aliphatic heterocycles. The van der Waals surface area contributed by atoms with Gasteiger partial charge in [-0.25, -0.2) is 4.79 Å². The molecule has 1 saturated heterocycles. The Labute approximate surface area is 251 Å². The molecule has 4 aliphatic carbocycles. The van der Waals surface area contributed by atoms with E-state index in [9.17, 15) is 34.8 Å². The lowest BCUT2D eigenvalue weighted by molar-refractivity contribution is -0.365. The summed E-state index contributed by atoms with van der Waals surface area (Å²) in [4.78, 5) is 41.2. The number of carbonyl (C=O) groups excluding carboxylic acids is 3. The molecule has 6 rings (SSSR count). The van der Waals surface area contributed by atoms with Gasteiger partial charge in [-0.15, -0.1) is 0 Å². The lowest BCUT2D eigenvalue weighted by Crippen LogP contribution is -2.84. The Morgan fingerprint density at radius 1 is 1.07 bits per heavy atom. The number of hydrogen-bond acceptors (Lipinski definition) is 10. The fourth-order valence-electron chi connectivity index (χ4n) is 10.8. The molecule has 5 fully saturated rings. The molecule has 43 heavy (non-hydrogen) atoms. The first-order valence-electron chi connectivity index (χ1n) is 15.5. The summed E-state index contributed by atoms with van der Waals surface area (Å²) >= 11 is 0. The summed E-state index contributed by atoms with van der Waals surface area (Å²) in [5.41, 5.74) is -6.35. The number of rotatable bonds is 4. The molecule has 1 heterocycles. The van der Waals surface area contributed by atoms with E-state index in [0.29, 0.717) is 0 Å². The Balaban J connectivity index is 1.65. The monoisotopic (exact) mass is 600 g/mol. The first-order chi connectivity index (χ1) is 20.1. The molecule has 0 radical (unpaired) electrons. The second kappa shape index (κ2) is 9.81. The van der Waals surface area contributed by atoms with Gasteiger partial charge < -0.3 is 34.6 Å². The summed E-state index contributed by atoms with van der Waals surface area (Å²) in [7, 11) is 0. The van der Waals surface area contributed by atoms with Crippen LogP contribution < -0.4 is 0 Å². The van der Waals surface area contributed by atoms with Crippen LogP contribution >= 0.6 is 0 Å². The normalized spacial score (nSPS) is 50.1. The molecule has 5 aliphatic rings. The van der Waals surface area contributed by atoms with Gasteiger partial charge in [0, 0.05) is 31.1 Å². The Morgan fingerprint density at radius 3 is 2.28 bits per heavy atom. The van der Waals surface area contributed by atoms with Gasteiger partial charge in [-0.05, 0) is 42.7 Å². The molecule has 0 aromatic heterocycles. The van der Waals surface area contributed by atoms with Gasteiger partial charge in [-0.1, -0.05) is 45.9 Å². The van der Waals surface area contributed by atoms with Crippen molar-refractivity contribution in [2.75, 3.05) is 6.61 Å². The fourth-order valence-corrected chi connectivity index (χ4v) is 10.8. The largest absolute Gasteiger partial charge is 0.455 e. The molecule has 6 unspecified atom stereocenters. The first-order valence-corrected chi connectivity index (χ1v) is 15.5. The highest BCUT2D eigenvalue weighted by atomic mass is 16.6. The molecule has 0 amide bonds. The van der Waals surface area contributed by atoms with Crippen molar-refractivity contribution in [1.29, 1.82) is 0 Å². The van der Waals surface area contributed by atoms with E-state index in [4.69, 9.17) is 14.2 Å². The molecule has 10 nitrogen and oxygen atoms in total. The fraction of sp³-hybridized carbons (Fsp3) is 0.727. The van der Waals surface area contributed by atoms with E-state index in [1.54, 1.807) is 30.3 Å². The van der Waals surface area contributed by atoms with E-state index < -0.39 is 88.0 Å². The standard InChI is InChI=1S/C33H44O10/c1-15(2)23-17(4)33-16(3)20(35)13-32(33,40)28(42-29(39)19-10-8-7-9-11-19)26-30(6,27(38)25(37)24(23)33)21(36)12-22-31(26,14-41-22)43-18(5)34/h7-11,15-17,20-26,28,35-37,40H,12-14H2,1-6H3/t16?,17?,20-,21-,22?,23?,24?,25+,26-,28-,30+,31-,32+,33?/m0/s1. The highest BCUT2D eigenvalue weighted by molar-refractivity contribution is 5.92. The van der Waals surface area contributed by atoms with Gasteiger partial charge in [-0.3, -0.25) is 9.59 Å². The summed E-state index contributed by atoms with van der Waals surface area (Å²) in [6.07, 6.45) is -6.62. The molecule has 14 atom stereocenters. The van der Waals surface area contributed by atoms with Gasteiger partial charge in [0.05, 0.1) is 35.7 Å². The van der Waals surface area contributed by atoms with Crippen molar-refractivity contribution in [2.45, 2.75) is 96.1 Å². The molecule has 4 saturated carbocycles. The minimum absolute atomic E-state index is 0.0173. The number of hydrogen-bond donors (Lipinski definition) is 4. The van der Waals surface area contributed by atoms with Crippen LogP contribution in [0.4, 0.5) is 0 Å². The maximum Gasteiger partial charge on any atom is 0.338 e. The number of fused-ring (bicyclic) bond motifs is 3. The van der Waals surface area contributed by atoms with Crippen molar-refractivity contribution in [2.24, 2.45) is 46.3 Å².